The molecule has 1 N–H and O–H groups in total. The fourth-order valence-electron chi connectivity index (χ4n) is 2.39. The SMILES string of the molecule is O=C(Cn1nc(-c2ccccc2)ccc1=O)Nc1ccc(Cl)c([N+](=O)[O-])c1. The molecule has 0 unspecified atom stereocenters. The number of amides is 1. The highest BCUT2D eigenvalue weighted by molar-refractivity contribution is 6.32. The van der Waals surface area contributed by atoms with Gasteiger partial charge in [-0.05, 0) is 18.2 Å². The molecular weight excluding hydrogens is 372 g/mol. The molecule has 0 saturated heterocycles. The minimum Gasteiger partial charge on any atom is -0.324 e. The fraction of sp³-hybridized carbons (Fsp3) is 0.0556. The first-order valence-corrected chi connectivity index (χ1v) is 8.19. The molecule has 8 nitrogen and oxygen atoms in total. The van der Waals surface area contributed by atoms with Crippen molar-refractivity contribution in [2.75, 3.05) is 5.32 Å². The van der Waals surface area contributed by atoms with E-state index < -0.39 is 16.4 Å². The summed E-state index contributed by atoms with van der Waals surface area (Å²) in [5.41, 5.74) is 0.788. The molecule has 2 aromatic carbocycles. The van der Waals surface area contributed by atoms with E-state index in [9.17, 15) is 19.7 Å². The zero-order chi connectivity index (χ0) is 19.4. The van der Waals surface area contributed by atoms with Crippen molar-refractivity contribution >= 4 is 28.9 Å². The number of nitro groups is 1. The van der Waals surface area contributed by atoms with Crippen LogP contribution in [0.5, 0.6) is 0 Å². The Morgan fingerprint density at radius 2 is 1.89 bits per heavy atom. The largest absolute Gasteiger partial charge is 0.324 e. The van der Waals surface area contributed by atoms with Gasteiger partial charge in [0.25, 0.3) is 11.2 Å². The van der Waals surface area contributed by atoms with Crippen LogP contribution in [0.1, 0.15) is 0 Å². The molecule has 9 heteroatoms. The lowest BCUT2D eigenvalue weighted by Gasteiger charge is -2.08. The Morgan fingerprint density at radius 1 is 1.15 bits per heavy atom. The number of halogens is 1. The molecular formula is C18H13ClN4O4. The van der Waals surface area contributed by atoms with Gasteiger partial charge >= 0.3 is 0 Å². The van der Waals surface area contributed by atoms with Gasteiger partial charge in [0, 0.05) is 23.4 Å². The molecule has 0 bridgehead atoms. The van der Waals surface area contributed by atoms with Crippen molar-refractivity contribution in [3.63, 3.8) is 0 Å². The van der Waals surface area contributed by atoms with Gasteiger partial charge in [-0.2, -0.15) is 5.10 Å². The maximum Gasteiger partial charge on any atom is 0.289 e. The summed E-state index contributed by atoms with van der Waals surface area (Å²) in [6.45, 7) is -0.337. The number of nitrogens with one attached hydrogen (secondary N) is 1. The summed E-state index contributed by atoms with van der Waals surface area (Å²) in [5.74, 6) is -0.550. The Bertz CT molecular complexity index is 1070. The average Bonchev–Trinajstić information content (AvgIpc) is 2.65. The minimum absolute atomic E-state index is 0.0357. The molecule has 1 amide bonds. The third kappa shape index (κ3) is 4.36. The smallest absolute Gasteiger partial charge is 0.289 e. The molecule has 0 aliphatic carbocycles. The lowest BCUT2D eigenvalue weighted by atomic mass is 10.1. The van der Waals surface area contributed by atoms with Crippen molar-refractivity contribution in [1.82, 2.24) is 9.78 Å². The van der Waals surface area contributed by atoms with Crippen LogP contribution in [-0.4, -0.2) is 20.6 Å². The molecule has 0 saturated carbocycles. The van der Waals surface area contributed by atoms with Gasteiger partial charge in [0.2, 0.25) is 5.91 Å². The van der Waals surface area contributed by atoms with Crippen LogP contribution in [0.2, 0.25) is 5.02 Å². The first-order valence-electron chi connectivity index (χ1n) is 7.81. The highest BCUT2D eigenvalue weighted by Crippen LogP contribution is 2.27. The van der Waals surface area contributed by atoms with Crippen LogP contribution in [0.4, 0.5) is 11.4 Å². The summed E-state index contributed by atoms with van der Waals surface area (Å²) in [5, 5.41) is 17.6. The second-order valence-corrected chi connectivity index (χ2v) is 5.96. The van der Waals surface area contributed by atoms with Gasteiger partial charge in [-0.1, -0.05) is 41.9 Å². The van der Waals surface area contributed by atoms with E-state index in [0.29, 0.717) is 5.69 Å². The zero-order valence-electron chi connectivity index (χ0n) is 13.8. The van der Waals surface area contributed by atoms with E-state index in [1.807, 2.05) is 30.3 Å². The Hall–Kier alpha value is -3.52. The molecule has 3 rings (SSSR count). The van der Waals surface area contributed by atoms with Gasteiger partial charge in [0.05, 0.1) is 10.6 Å². The summed E-state index contributed by atoms with van der Waals surface area (Å²) in [7, 11) is 0. The van der Waals surface area contributed by atoms with Gasteiger partial charge in [-0.25, -0.2) is 4.68 Å². The topological polar surface area (TPSA) is 107 Å². The number of hydrogen-bond donors (Lipinski definition) is 1. The van der Waals surface area contributed by atoms with Crippen molar-refractivity contribution in [2.24, 2.45) is 0 Å². The molecule has 136 valence electrons. The standard InChI is InChI=1S/C18H13ClN4O4/c19-14-7-6-13(10-16(14)23(26)27)20-17(24)11-22-18(25)9-8-15(21-22)12-4-2-1-3-5-12/h1-10H,11H2,(H,20,24). The Kier molecular flexibility index (Phi) is 5.28. The van der Waals surface area contributed by atoms with Gasteiger partial charge < -0.3 is 5.32 Å². The zero-order valence-corrected chi connectivity index (χ0v) is 14.6. The highest BCUT2D eigenvalue weighted by Gasteiger charge is 2.14. The lowest BCUT2D eigenvalue weighted by molar-refractivity contribution is -0.384. The van der Waals surface area contributed by atoms with Crippen LogP contribution in [0, 0.1) is 10.1 Å². The highest BCUT2D eigenvalue weighted by atomic mass is 35.5. The molecule has 0 spiro atoms. The Morgan fingerprint density at radius 3 is 2.59 bits per heavy atom. The maximum atomic E-state index is 12.2. The number of hydrogen-bond acceptors (Lipinski definition) is 5. The first kappa shape index (κ1) is 18.3. The normalized spacial score (nSPS) is 10.4. The molecule has 0 atom stereocenters. The molecule has 0 radical (unpaired) electrons. The number of rotatable bonds is 5. The second-order valence-electron chi connectivity index (χ2n) is 5.55. The minimum atomic E-state index is -0.645. The predicted octanol–water partition coefficient (Wildman–Crippen LogP) is 3.11. The number of aromatic nitrogens is 2. The van der Waals surface area contributed by atoms with E-state index in [1.165, 1.54) is 18.2 Å². The summed E-state index contributed by atoms with van der Waals surface area (Å²) >= 11 is 5.74. The van der Waals surface area contributed by atoms with E-state index >= 15 is 0 Å². The van der Waals surface area contributed by atoms with Crippen LogP contribution in [0.3, 0.4) is 0 Å². The van der Waals surface area contributed by atoms with Crippen LogP contribution in [-0.2, 0) is 11.3 Å². The first-order chi connectivity index (χ1) is 12.9. The van der Waals surface area contributed by atoms with Gasteiger partial charge in [-0.15, -0.1) is 0 Å². The summed E-state index contributed by atoms with van der Waals surface area (Å²) in [4.78, 5) is 34.5. The Labute approximate surface area is 158 Å². The van der Waals surface area contributed by atoms with Crippen molar-refractivity contribution in [1.29, 1.82) is 0 Å². The predicted molar refractivity (Wildman–Crippen MR) is 101 cm³/mol. The van der Waals surface area contributed by atoms with Gasteiger partial charge in [0.1, 0.15) is 11.6 Å². The van der Waals surface area contributed by atoms with Crippen LogP contribution >= 0.6 is 11.6 Å². The lowest BCUT2D eigenvalue weighted by Crippen LogP contribution is -2.29. The fourth-order valence-corrected chi connectivity index (χ4v) is 2.58. The molecule has 0 fully saturated rings. The van der Waals surface area contributed by atoms with Crippen molar-refractivity contribution in [3.05, 3.63) is 86.2 Å². The molecule has 3 aromatic rings. The van der Waals surface area contributed by atoms with Gasteiger partial charge in [0.15, 0.2) is 0 Å². The van der Waals surface area contributed by atoms with E-state index in [4.69, 9.17) is 11.6 Å². The number of carbonyl (C=O) groups excluding carboxylic acids is 1. The third-order valence-corrected chi connectivity index (χ3v) is 3.98. The quantitative estimate of drug-likeness (QED) is 0.537. The summed E-state index contributed by atoms with van der Waals surface area (Å²) < 4.78 is 1.03. The van der Waals surface area contributed by atoms with Crippen LogP contribution in [0.15, 0.2) is 65.5 Å². The summed E-state index contributed by atoms with van der Waals surface area (Å²) in [6, 6.07) is 16.0. The second kappa shape index (κ2) is 7.79. The molecule has 0 aliphatic heterocycles. The molecule has 0 aliphatic rings. The molecule has 1 aromatic heterocycles. The number of nitrogens with zero attached hydrogens (tertiary/aromatic N) is 3. The summed E-state index contributed by atoms with van der Waals surface area (Å²) in [6.07, 6.45) is 0. The van der Waals surface area contributed by atoms with Crippen molar-refractivity contribution in [2.45, 2.75) is 6.54 Å². The van der Waals surface area contributed by atoms with Crippen LogP contribution in [0.25, 0.3) is 11.3 Å². The number of benzene rings is 2. The van der Waals surface area contributed by atoms with E-state index in [1.54, 1.807) is 6.07 Å². The molecule has 27 heavy (non-hydrogen) atoms. The maximum absolute atomic E-state index is 12.2. The van der Waals surface area contributed by atoms with Crippen molar-refractivity contribution in [3.8, 4) is 11.3 Å². The van der Waals surface area contributed by atoms with Gasteiger partial charge in [-0.3, -0.25) is 19.7 Å². The van der Waals surface area contributed by atoms with E-state index in [2.05, 4.69) is 10.4 Å². The number of nitro benzene ring substituents is 1. The third-order valence-electron chi connectivity index (χ3n) is 3.66. The average molecular weight is 385 g/mol. The molecule has 1 heterocycles. The van der Waals surface area contributed by atoms with Crippen molar-refractivity contribution < 1.29 is 9.72 Å². The number of anilines is 1. The Balaban J connectivity index is 1.79. The number of carbonyl (C=O) groups is 1. The monoisotopic (exact) mass is 384 g/mol. The van der Waals surface area contributed by atoms with Crippen LogP contribution < -0.4 is 10.9 Å². The van der Waals surface area contributed by atoms with E-state index in [-0.39, 0.29) is 22.9 Å². The van der Waals surface area contributed by atoms with E-state index in [0.717, 1.165) is 16.3 Å².